The molecule has 0 aliphatic carbocycles. The lowest BCUT2D eigenvalue weighted by molar-refractivity contribution is -0.121. The first kappa shape index (κ1) is 16.6. The number of nitrogens with two attached hydrogens (primary N) is 1. The minimum Gasteiger partial charge on any atom is -0.352 e. The van der Waals surface area contributed by atoms with Crippen molar-refractivity contribution < 1.29 is 13.6 Å². The maximum atomic E-state index is 13.0. The Morgan fingerprint density at radius 1 is 1.30 bits per heavy atom. The van der Waals surface area contributed by atoms with E-state index in [0.29, 0.717) is 5.56 Å². The van der Waals surface area contributed by atoms with Crippen LogP contribution in [0.1, 0.15) is 39.2 Å². The summed E-state index contributed by atoms with van der Waals surface area (Å²) in [6.45, 7) is 6.35. The summed E-state index contributed by atoms with van der Waals surface area (Å²) in [5.74, 6) is -2.00. The van der Waals surface area contributed by atoms with Crippen molar-refractivity contribution in [1.82, 2.24) is 5.32 Å². The zero-order valence-electron chi connectivity index (χ0n) is 12.2. The van der Waals surface area contributed by atoms with E-state index in [1.54, 1.807) is 0 Å². The second-order valence-electron chi connectivity index (χ2n) is 6.25. The largest absolute Gasteiger partial charge is 0.352 e. The van der Waals surface area contributed by atoms with Crippen LogP contribution in [0.15, 0.2) is 18.2 Å². The Morgan fingerprint density at radius 3 is 2.50 bits per heavy atom. The van der Waals surface area contributed by atoms with Crippen LogP contribution in [0.5, 0.6) is 0 Å². The Bertz CT molecular complexity index is 469. The predicted octanol–water partition coefficient (Wildman–Crippen LogP) is 2.73. The monoisotopic (exact) mass is 284 g/mol. The fraction of sp³-hybridized carbons (Fsp3) is 0.533. The van der Waals surface area contributed by atoms with Crippen molar-refractivity contribution in [3.8, 4) is 0 Å². The first-order chi connectivity index (χ1) is 9.17. The summed E-state index contributed by atoms with van der Waals surface area (Å²) in [4.78, 5) is 11.7. The minimum atomic E-state index is -0.916. The van der Waals surface area contributed by atoms with Crippen LogP contribution in [0.2, 0.25) is 0 Å². The quantitative estimate of drug-likeness (QED) is 0.873. The van der Waals surface area contributed by atoms with E-state index in [1.165, 1.54) is 6.07 Å². The minimum absolute atomic E-state index is 0.0692. The summed E-state index contributed by atoms with van der Waals surface area (Å²) in [6, 6.07) is 3.35. The molecule has 1 unspecified atom stereocenters. The van der Waals surface area contributed by atoms with Gasteiger partial charge < -0.3 is 11.1 Å². The van der Waals surface area contributed by atoms with Crippen molar-refractivity contribution in [3.63, 3.8) is 0 Å². The molecule has 1 aromatic carbocycles. The molecule has 0 saturated carbocycles. The van der Waals surface area contributed by atoms with Crippen molar-refractivity contribution in [2.24, 2.45) is 11.1 Å². The van der Waals surface area contributed by atoms with Gasteiger partial charge in [0.05, 0.1) is 0 Å². The summed E-state index contributed by atoms with van der Waals surface area (Å²) in [5, 5.41) is 2.65. The number of hydrogen-bond acceptors (Lipinski definition) is 2. The maximum absolute atomic E-state index is 13.0. The second kappa shape index (κ2) is 6.79. The van der Waals surface area contributed by atoms with E-state index in [2.05, 4.69) is 26.1 Å². The number of amides is 1. The summed E-state index contributed by atoms with van der Waals surface area (Å²) < 4.78 is 25.7. The van der Waals surface area contributed by atoms with E-state index < -0.39 is 11.6 Å². The summed E-state index contributed by atoms with van der Waals surface area (Å²) in [7, 11) is 0. The highest BCUT2D eigenvalue weighted by atomic mass is 19.2. The highest BCUT2D eigenvalue weighted by Gasteiger charge is 2.18. The van der Waals surface area contributed by atoms with Crippen LogP contribution >= 0.6 is 0 Å². The average molecular weight is 284 g/mol. The van der Waals surface area contributed by atoms with Crippen LogP contribution in [0, 0.1) is 17.0 Å². The van der Waals surface area contributed by atoms with Crippen molar-refractivity contribution in [2.45, 2.75) is 46.2 Å². The Hall–Kier alpha value is -1.49. The molecule has 0 fully saturated rings. The summed E-state index contributed by atoms with van der Waals surface area (Å²) in [6.07, 6.45) is 0.965. The topological polar surface area (TPSA) is 55.1 Å². The van der Waals surface area contributed by atoms with Crippen LogP contribution < -0.4 is 11.1 Å². The molecule has 5 heteroatoms. The molecular formula is C15H22F2N2O. The molecule has 0 radical (unpaired) electrons. The smallest absolute Gasteiger partial charge is 0.221 e. The Balaban J connectivity index is 2.41. The van der Waals surface area contributed by atoms with Crippen molar-refractivity contribution in [2.75, 3.05) is 0 Å². The van der Waals surface area contributed by atoms with Gasteiger partial charge in [-0.2, -0.15) is 0 Å². The van der Waals surface area contributed by atoms with Gasteiger partial charge in [-0.15, -0.1) is 0 Å². The summed E-state index contributed by atoms with van der Waals surface area (Å²) in [5.41, 5.74) is 6.49. The van der Waals surface area contributed by atoms with Gasteiger partial charge in [0, 0.05) is 19.0 Å². The van der Waals surface area contributed by atoms with E-state index in [4.69, 9.17) is 5.73 Å². The van der Waals surface area contributed by atoms with Gasteiger partial charge in [-0.1, -0.05) is 26.8 Å². The number of rotatable bonds is 5. The molecule has 0 spiro atoms. The molecule has 1 atom stereocenters. The number of hydrogen-bond donors (Lipinski definition) is 2. The van der Waals surface area contributed by atoms with Gasteiger partial charge in [-0.3, -0.25) is 4.79 Å². The average Bonchev–Trinajstić information content (AvgIpc) is 2.28. The van der Waals surface area contributed by atoms with E-state index >= 15 is 0 Å². The maximum Gasteiger partial charge on any atom is 0.221 e. The van der Waals surface area contributed by atoms with E-state index in [-0.39, 0.29) is 30.3 Å². The van der Waals surface area contributed by atoms with E-state index in [0.717, 1.165) is 18.6 Å². The predicted molar refractivity (Wildman–Crippen MR) is 74.9 cm³/mol. The van der Waals surface area contributed by atoms with Gasteiger partial charge in [-0.25, -0.2) is 8.78 Å². The third kappa shape index (κ3) is 6.10. The number of carbonyl (C=O) groups excluding carboxylic acids is 1. The normalized spacial score (nSPS) is 13.1. The molecule has 0 aromatic heterocycles. The lowest BCUT2D eigenvalue weighted by atomic mass is 9.87. The zero-order chi connectivity index (χ0) is 15.3. The summed E-state index contributed by atoms with van der Waals surface area (Å²) >= 11 is 0. The molecule has 20 heavy (non-hydrogen) atoms. The Kier molecular flexibility index (Phi) is 5.62. The third-order valence-corrected chi connectivity index (χ3v) is 2.80. The molecule has 0 aliphatic heterocycles. The lowest BCUT2D eigenvalue weighted by Crippen LogP contribution is -2.34. The molecule has 1 rings (SSSR count). The van der Waals surface area contributed by atoms with Gasteiger partial charge in [0.15, 0.2) is 11.6 Å². The van der Waals surface area contributed by atoms with Gasteiger partial charge in [-0.05, 0) is 29.5 Å². The van der Waals surface area contributed by atoms with Gasteiger partial charge >= 0.3 is 0 Å². The first-order valence-corrected chi connectivity index (χ1v) is 6.63. The number of carbonyl (C=O) groups is 1. The second-order valence-corrected chi connectivity index (χ2v) is 6.25. The van der Waals surface area contributed by atoms with Crippen LogP contribution in [0.3, 0.4) is 0 Å². The standard InChI is InChI=1S/C15H22F2N2O/c1-15(2,3)8-11(18)7-14(20)19-9-10-4-5-12(16)13(17)6-10/h4-6,11H,7-9,18H2,1-3H3,(H,19,20). The molecule has 0 saturated heterocycles. The first-order valence-electron chi connectivity index (χ1n) is 6.63. The molecule has 0 heterocycles. The lowest BCUT2D eigenvalue weighted by Gasteiger charge is -2.22. The molecule has 112 valence electrons. The zero-order valence-corrected chi connectivity index (χ0v) is 12.2. The number of halogens is 2. The molecule has 3 N–H and O–H groups in total. The number of benzene rings is 1. The van der Waals surface area contributed by atoms with E-state index in [1.807, 2.05) is 0 Å². The third-order valence-electron chi connectivity index (χ3n) is 2.80. The van der Waals surface area contributed by atoms with Crippen LogP contribution in [-0.4, -0.2) is 11.9 Å². The molecule has 3 nitrogen and oxygen atoms in total. The van der Waals surface area contributed by atoms with Crippen LogP contribution in [-0.2, 0) is 11.3 Å². The van der Waals surface area contributed by atoms with E-state index in [9.17, 15) is 13.6 Å². The fourth-order valence-electron chi connectivity index (χ4n) is 2.02. The van der Waals surface area contributed by atoms with Gasteiger partial charge in [0.1, 0.15) is 0 Å². The van der Waals surface area contributed by atoms with Crippen molar-refractivity contribution >= 4 is 5.91 Å². The molecular weight excluding hydrogens is 262 g/mol. The van der Waals surface area contributed by atoms with Gasteiger partial charge in [0.25, 0.3) is 0 Å². The Morgan fingerprint density at radius 2 is 1.95 bits per heavy atom. The fourth-order valence-corrected chi connectivity index (χ4v) is 2.02. The number of nitrogens with one attached hydrogen (secondary N) is 1. The molecule has 0 aliphatic rings. The SMILES string of the molecule is CC(C)(C)CC(N)CC(=O)NCc1ccc(F)c(F)c1. The van der Waals surface area contributed by atoms with Crippen molar-refractivity contribution in [1.29, 1.82) is 0 Å². The molecule has 0 bridgehead atoms. The highest BCUT2D eigenvalue weighted by molar-refractivity contribution is 5.76. The van der Waals surface area contributed by atoms with Crippen LogP contribution in [0.4, 0.5) is 8.78 Å². The van der Waals surface area contributed by atoms with Crippen LogP contribution in [0.25, 0.3) is 0 Å². The van der Waals surface area contributed by atoms with Gasteiger partial charge in [0.2, 0.25) is 5.91 Å². The molecule has 1 aromatic rings. The Labute approximate surface area is 118 Å². The highest BCUT2D eigenvalue weighted by Crippen LogP contribution is 2.20. The van der Waals surface area contributed by atoms with Crippen molar-refractivity contribution in [3.05, 3.63) is 35.4 Å². The molecule has 1 amide bonds.